The number of hydrogen-bond donors (Lipinski definition) is 1. The summed E-state index contributed by atoms with van der Waals surface area (Å²) in [5.74, 6) is 0.470. The Morgan fingerprint density at radius 3 is 2.95 bits per heavy atom. The fourth-order valence-electron chi connectivity index (χ4n) is 3.62. The number of nitrogens with one attached hydrogen (secondary N) is 1. The molecule has 1 N–H and O–H groups in total. The molecule has 1 saturated heterocycles. The van der Waals surface area contributed by atoms with Crippen LogP contribution >= 0.6 is 11.6 Å². The van der Waals surface area contributed by atoms with E-state index < -0.39 is 0 Å². The van der Waals surface area contributed by atoms with E-state index in [1.807, 2.05) is 12.1 Å². The van der Waals surface area contributed by atoms with Gasteiger partial charge in [-0.1, -0.05) is 41.4 Å². The Labute approximate surface area is 130 Å². The van der Waals surface area contributed by atoms with Crippen LogP contribution in [0, 0.1) is 12.8 Å². The van der Waals surface area contributed by atoms with Crippen molar-refractivity contribution >= 4 is 17.3 Å². The van der Waals surface area contributed by atoms with E-state index in [0.29, 0.717) is 5.92 Å². The summed E-state index contributed by atoms with van der Waals surface area (Å²) in [6, 6.07) is 15.0. The molecule has 0 amide bonds. The number of anilines is 1. The summed E-state index contributed by atoms with van der Waals surface area (Å²) >= 11 is 6.17. The van der Waals surface area contributed by atoms with E-state index in [1.165, 1.54) is 22.4 Å². The van der Waals surface area contributed by atoms with Gasteiger partial charge in [-0.3, -0.25) is 0 Å². The van der Waals surface area contributed by atoms with Crippen LogP contribution in [0.4, 0.5) is 5.69 Å². The number of halogens is 1. The van der Waals surface area contributed by atoms with E-state index in [0.717, 1.165) is 18.1 Å². The van der Waals surface area contributed by atoms with Crippen molar-refractivity contribution in [3.05, 3.63) is 64.2 Å². The van der Waals surface area contributed by atoms with Gasteiger partial charge in [0.05, 0.1) is 12.1 Å². The molecule has 4 rings (SSSR count). The maximum absolute atomic E-state index is 6.17. The van der Waals surface area contributed by atoms with Gasteiger partial charge in [0, 0.05) is 28.8 Å². The Morgan fingerprint density at radius 1 is 1.19 bits per heavy atom. The third kappa shape index (κ3) is 2.23. The maximum Gasteiger partial charge on any atom is 0.0896 e. The summed E-state index contributed by atoms with van der Waals surface area (Å²) < 4.78 is 6.05. The van der Waals surface area contributed by atoms with Gasteiger partial charge in [0.2, 0.25) is 0 Å². The SMILES string of the molecule is Cc1ccc2c(c1)[C@@H]1OCC[C@H]1[C@H](c1cccc(Cl)c1)N2. The zero-order valence-corrected chi connectivity index (χ0v) is 12.7. The minimum absolute atomic E-state index is 0.199. The number of rotatable bonds is 1. The molecule has 0 saturated carbocycles. The molecule has 0 radical (unpaired) electrons. The van der Waals surface area contributed by atoms with E-state index >= 15 is 0 Å². The van der Waals surface area contributed by atoms with Gasteiger partial charge >= 0.3 is 0 Å². The van der Waals surface area contributed by atoms with Crippen LogP contribution in [0.2, 0.25) is 5.02 Å². The molecule has 2 heterocycles. The van der Waals surface area contributed by atoms with Gasteiger partial charge < -0.3 is 10.1 Å². The van der Waals surface area contributed by atoms with Crippen LogP contribution in [0.15, 0.2) is 42.5 Å². The Balaban J connectivity index is 1.79. The molecule has 0 bridgehead atoms. The van der Waals surface area contributed by atoms with Crippen molar-refractivity contribution in [2.75, 3.05) is 11.9 Å². The van der Waals surface area contributed by atoms with Crippen LogP contribution in [0.1, 0.15) is 35.3 Å². The topological polar surface area (TPSA) is 21.3 Å². The third-order valence-electron chi connectivity index (χ3n) is 4.60. The molecule has 0 spiro atoms. The summed E-state index contributed by atoms with van der Waals surface area (Å²) in [5.41, 5.74) is 5.02. The van der Waals surface area contributed by atoms with Crippen LogP contribution in [0.5, 0.6) is 0 Å². The first kappa shape index (κ1) is 13.2. The number of ether oxygens (including phenoxy) is 1. The lowest BCUT2D eigenvalue weighted by molar-refractivity contribution is 0.0829. The Kier molecular flexibility index (Phi) is 3.16. The molecule has 2 aromatic rings. The Morgan fingerprint density at radius 2 is 2.10 bits per heavy atom. The molecule has 2 nitrogen and oxygen atoms in total. The first-order valence-corrected chi connectivity index (χ1v) is 7.84. The molecule has 21 heavy (non-hydrogen) atoms. The van der Waals surface area contributed by atoms with E-state index in [-0.39, 0.29) is 12.1 Å². The number of hydrogen-bond acceptors (Lipinski definition) is 2. The fraction of sp³-hybridized carbons (Fsp3) is 0.333. The van der Waals surface area contributed by atoms with Crippen molar-refractivity contribution in [3.63, 3.8) is 0 Å². The summed E-state index contributed by atoms with van der Waals surface area (Å²) in [5, 5.41) is 4.49. The average Bonchev–Trinajstić information content (AvgIpc) is 2.96. The summed E-state index contributed by atoms with van der Waals surface area (Å²) in [7, 11) is 0. The summed E-state index contributed by atoms with van der Waals surface area (Å²) in [4.78, 5) is 0. The Hall–Kier alpha value is -1.51. The lowest BCUT2D eigenvalue weighted by Gasteiger charge is -2.36. The second-order valence-corrected chi connectivity index (χ2v) is 6.45. The zero-order valence-electron chi connectivity index (χ0n) is 12.0. The van der Waals surface area contributed by atoms with Gasteiger partial charge in [0.1, 0.15) is 0 Å². The highest BCUT2D eigenvalue weighted by Gasteiger charge is 2.41. The number of fused-ring (bicyclic) bond motifs is 3. The quantitative estimate of drug-likeness (QED) is 0.809. The van der Waals surface area contributed by atoms with Crippen LogP contribution in [0.3, 0.4) is 0 Å². The predicted octanol–water partition coefficient (Wildman–Crippen LogP) is 4.89. The normalized spacial score (nSPS) is 26.9. The number of benzene rings is 2. The monoisotopic (exact) mass is 299 g/mol. The molecule has 0 aromatic heterocycles. The molecule has 0 aliphatic carbocycles. The van der Waals surface area contributed by atoms with Gasteiger partial charge in [-0.15, -0.1) is 0 Å². The van der Waals surface area contributed by atoms with Crippen LogP contribution in [0.25, 0.3) is 0 Å². The van der Waals surface area contributed by atoms with E-state index in [1.54, 1.807) is 0 Å². The highest BCUT2D eigenvalue weighted by molar-refractivity contribution is 6.30. The second kappa shape index (κ2) is 5.04. The average molecular weight is 300 g/mol. The molecule has 0 unspecified atom stereocenters. The first-order valence-electron chi connectivity index (χ1n) is 7.46. The van der Waals surface area contributed by atoms with Gasteiger partial charge in [0.25, 0.3) is 0 Å². The molecule has 108 valence electrons. The smallest absolute Gasteiger partial charge is 0.0896 e. The van der Waals surface area contributed by atoms with Crippen molar-refractivity contribution in [1.29, 1.82) is 0 Å². The van der Waals surface area contributed by atoms with Crippen LogP contribution in [-0.4, -0.2) is 6.61 Å². The molecular formula is C18H18ClNO. The van der Waals surface area contributed by atoms with E-state index in [4.69, 9.17) is 16.3 Å². The third-order valence-corrected chi connectivity index (χ3v) is 4.83. The molecule has 2 aromatic carbocycles. The predicted molar refractivity (Wildman–Crippen MR) is 85.8 cm³/mol. The van der Waals surface area contributed by atoms with Crippen LogP contribution in [-0.2, 0) is 4.74 Å². The van der Waals surface area contributed by atoms with Crippen molar-refractivity contribution < 1.29 is 4.74 Å². The van der Waals surface area contributed by atoms with E-state index in [9.17, 15) is 0 Å². The van der Waals surface area contributed by atoms with Crippen molar-refractivity contribution in [2.45, 2.75) is 25.5 Å². The fourth-order valence-corrected chi connectivity index (χ4v) is 3.82. The largest absolute Gasteiger partial charge is 0.378 e. The first-order chi connectivity index (χ1) is 10.2. The number of aryl methyl sites for hydroxylation is 1. The summed E-state index contributed by atoms with van der Waals surface area (Å²) in [6.45, 7) is 2.97. The van der Waals surface area contributed by atoms with E-state index in [2.05, 4.69) is 42.6 Å². The van der Waals surface area contributed by atoms with Crippen molar-refractivity contribution in [2.24, 2.45) is 5.92 Å². The van der Waals surface area contributed by atoms with Gasteiger partial charge in [-0.2, -0.15) is 0 Å². The van der Waals surface area contributed by atoms with Crippen molar-refractivity contribution in [3.8, 4) is 0 Å². The van der Waals surface area contributed by atoms with Gasteiger partial charge in [-0.25, -0.2) is 0 Å². The molecule has 3 atom stereocenters. The molecule has 2 aliphatic rings. The molecular weight excluding hydrogens is 282 g/mol. The minimum atomic E-state index is 0.199. The molecule has 1 fully saturated rings. The lowest BCUT2D eigenvalue weighted by atomic mass is 9.80. The second-order valence-electron chi connectivity index (χ2n) is 6.01. The molecule has 3 heteroatoms. The van der Waals surface area contributed by atoms with Gasteiger partial charge in [0.15, 0.2) is 0 Å². The summed E-state index contributed by atoms with van der Waals surface area (Å²) in [6.07, 6.45) is 1.28. The minimum Gasteiger partial charge on any atom is -0.378 e. The van der Waals surface area contributed by atoms with Gasteiger partial charge in [-0.05, 0) is 37.1 Å². The highest BCUT2D eigenvalue weighted by Crippen LogP contribution is 2.50. The highest BCUT2D eigenvalue weighted by atomic mass is 35.5. The maximum atomic E-state index is 6.17. The van der Waals surface area contributed by atoms with Crippen LogP contribution < -0.4 is 5.32 Å². The van der Waals surface area contributed by atoms with Crippen molar-refractivity contribution in [1.82, 2.24) is 0 Å². The lowest BCUT2D eigenvalue weighted by Crippen LogP contribution is -2.29. The molecule has 2 aliphatic heterocycles. The zero-order chi connectivity index (χ0) is 14.4. The Bertz CT molecular complexity index is 685. The standard InChI is InChI=1S/C18H18ClNO/c1-11-5-6-16-15(9-11)18-14(7-8-21-18)17(20-16)12-3-2-4-13(19)10-12/h2-6,9-10,14,17-18,20H,7-8H2,1H3/t14-,17-,18+/m0/s1.